The van der Waals surface area contributed by atoms with Gasteiger partial charge in [-0.1, -0.05) is 60.8 Å². The minimum Gasteiger partial charge on any atom is -0.487 e. The van der Waals surface area contributed by atoms with Crippen LogP contribution in [0.15, 0.2) is 48.5 Å². The van der Waals surface area contributed by atoms with E-state index in [1.54, 1.807) is 0 Å². The summed E-state index contributed by atoms with van der Waals surface area (Å²) in [6, 6.07) is 16.6. The highest BCUT2D eigenvalue weighted by atomic mass is 35.5. The average molecular weight is 443 g/mol. The lowest BCUT2D eigenvalue weighted by molar-refractivity contribution is 0.0433. The van der Waals surface area contributed by atoms with Crippen LogP contribution in [-0.4, -0.2) is 41.8 Å². The van der Waals surface area contributed by atoms with E-state index in [1.807, 2.05) is 36.4 Å². The molecule has 2 aromatic carbocycles. The van der Waals surface area contributed by atoms with Crippen molar-refractivity contribution in [2.75, 3.05) is 19.6 Å². The summed E-state index contributed by atoms with van der Waals surface area (Å²) in [5.74, 6) is 1.22. The van der Waals surface area contributed by atoms with E-state index >= 15 is 0 Å². The van der Waals surface area contributed by atoms with Crippen molar-refractivity contribution in [2.45, 2.75) is 63.2 Å². The van der Waals surface area contributed by atoms with Crippen molar-refractivity contribution in [3.8, 4) is 5.75 Å². The third-order valence-corrected chi connectivity index (χ3v) is 7.21. The number of ether oxygens (including phenoxy) is 1. The second kappa shape index (κ2) is 10.8. The summed E-state index contributed by atoms with van der Waals surface area (Å²) < 4.78 is 5.98. The summed E-state index contributed by atoms with van der Waals surface area (Å²) in [6.07, 6.45) is 6.27. The third-order valence-electron chi connectivity index (χ3n) is 6.92. The summed E-state index contributed by atoms with van der Waals surface area (Å²) in [6.45, 7) is 3.44. The molecular formula is C26H35ClN2O2. The highest BCUT2D eigenvalue weighted by Gasteiger charge is 2.34. The second-order valence-electron chi connectivity index (χ2n) is 9.25. The molecule has 0 radical (unpaired) electrons. The van der Waals surface area contributed by atoms with Gasteiger partial charge in [0.15, 0.2) is 0 Å². The van der Waals surface area contributed by atoms with Crippen LogP contribution in [0.5, 0.6) is 5.75 Å². The van der Waals surface area contributed by atoms with Crippen LogP contribution in [0.3, 0.4) is 0 Å². The van der Waals surface area contributed by atoms with Gasteiger partial charge in [-0.2, -0.15) is 0 Å². The molecule has 2 aromatic rings. The lowest BCUT2D eigenvalue weighted by Gasteiger charge is -2.39. The first kappa shape index (κ1) is 22.6. The number of nitrogens with zero attached hydrogens (tertiary/aromatic N) is 1. The van der Waals surface area contributed by atoms with Crippen LogP contribution in [-0.2, 0) is 6.61 Å². The summed E-state index contributed by atoms with van der Waals surface area (Å²) in [5.41, 5.74) is 8.56. The van der Waals surface area contributed by atoms with Crippen molar-refractivity contribution in [3.05, 3.63) is 64.7 Å². The fraction of sp³-hybridized carbons (Fsp3) is 0.538. The van der Waals surface area contributed by atoms with Gasteiger partial charge in [-0.05, 0) is 61.4 Å². The molecule has 1 aliphatic heterocycles. The van der Waals surface area contributed by atoms with Crippen LogP contribution in [0, 0.1) is 5.92 Å². The third kappa shape index (κ3) is 6.01. The van der Waals surface area contributed by atoms with Crippen molar-refractivity contribution in [3.63, 3.8) is 0 Å². The highest BCUT2D eigenvalue weighted by Crippen LogP contribution is 2.39. The Kier molecular flexibility index (Phi) is 7.89. The van der Waals surface area contributed by atoms with Gasteiger partial charge >= 0.3 is 0 Å². The number of piperidine rings is 1. The Morgan fingerprint density at radius 3 is 2.61 bits per heavy atom. The van der Waals surface area contributed by atoms with Crippen molar-refractivity contribution in [1.82, 2.24) is 4.90 Å². The number of likely N-dealkylation sites (tertiary alicyclic amines) is 1. The molecule has 31 heavy (non-hydrogen) atoms. The quantitative estimate of drug-likeness (QED) is 0.635. The van der Waals surface area contributed by atoms with Gasteiger partial charge < -0.3 is 20.5 Å². The van der Waals surface area contributed by atoms with E-state index in [4.69, 9.17) is 22.1 Å². The molecule has 3 N–H and O–H groups in total. The minimum absolute atomic E-state index is 0.245. The number of benzene rings is 2. The van der Waals surface area contributed by atoms with E-state index in [0.717, 1.165) is 57.3 Å². The van der Waals surface area contributed by atoms with Gasteiger partial charge in [-0.25, -0.2) is 0 Å². The van der Waals surface area contributed by atoms with Crippen molar-refractivity contribution in [2.24, 2.45) is 11.7 Å². The van der Waals surface area contributed by atoms with Crippen LogP contribution < -0.4 is 10.5 Å². The van der Waals surface area contributed by atoms with Gasteiger partial charge in [0.05, 0.1) is 11.1 Å². The number of halogens is 1. The Hall–Kier alpha value is -1.59. The highest BCUT2D eigenvalue weighted by molar-refractivity contribution is 6.32. The molecule has 2 fully saturated rings. The predicted octanol–water partition coefficient (Wildman–Crippen LogP) is 4.98. The molecule has 0 bridgehead atoms. The van der Waals surface area contributed by atoms with Crippen LogP contribution >= 0.6 is 11.6 Å². The first-order valence-electron chi connectivity index (χ1n) is 11.7. The molecule has 1 saturated heterocycles. The molecule has 5 heteroatoms. The number of hydrogen-bond donors (Lipinski definition) is 2. The Morgan fingerprint density at radius 2 is 1.87 bits per heavy atom. The SMILES string of the molecule is N[C@H]1CCCN(CC(c2ccc(OCc3ccccc3)c(Cl)c2)C2CCCCC2O)C1. The number of aliphatic hydroxyl groups is 1. The van der Waals surface area contributed by atoms with Crippen LogP contribution in [0.4, 0.5) is 0 Å². The first-order chi connectivity index (χ1) is 15.1. The second-order valence-corrected chi connectivity index (χ2v) is 9.66. The first-order valence-corrected chi connectivity index (χ1v) is 12.1. The molecule has 3 unspecified atom stereocenters. The summed E-state index contributed by atoms with van der Waals surface area (Å²) in [4.78, 5) is 2.48. The summed E-state index contributed by atoms with van der Waals surface area (Å²) >= 11 is 6.66. The van der Waals surface area contributed by atoms with E-state index in [9.17, 15) is 5.11 Å². The molecule has 2 aliphatic rings. The Morgan fingerprint density at radius 1 is 1.06 bits per heavy atom. The minimum atomic E-state index is -0.245. The molecule has 168 valence electrons. The number of aliphatic hydroxyl groups excluding tert-OH is 1. The fourth-order valence-corrected chi connectivity index (χ4v) is 5.48. The zero-order valence-electron chi connectivity index (χ0n) is 18.3. The van der Waals surface area contributed by atoms with Crippen molar-refractivity contribution < 1.29 is 9.84 Å². The monoisotopic (exact) mass is 442 g/mol. The zero-order valence-corrected chi connectivity index (χ0v) is 19.0. The molecule has 1 saturated carbocycles. The predicted molar refractivity (Wildman–Crippen MR) is 127 cm³/mol. The Balaban J connectivity index is 1.51. The topological polar surface area (TPSA) is 58.7 Å². The standard InChI is InChI=1S/C26H35ClN2O2/c27-24-15-20(12-13-26(24)31-18-19-7-2-1-3-8-19)23(22-10-4-5-11-25(22)30)17-29-14-6-9-21(28)16-29/h1-3,7-8,12-13,15,21-23,25,30H,4-6,9-11,14,16-18,28H2/t21-,22?,23?,25?/m0/s1. The summed E-state index contributed by atoms with van der Waals surface area (Å²) in [7, 11) is 0. The van der Waals surface area contributed by atoms with Gasteiger partial charge in [-0.3, -0.25) is 0 Å². The lowest BCUT2D eigenvalue weighted by Crippen LogP contribution is -2.46. The molecule has 0 aromatic heterocycles. The van der Waals surface area contributed by atoms with Crippen LogP contribution in [0.25, 0.3) is 0 Å². The molecule has 0 spiro atoms. The normalized spacial score (nSPS) is 25.8. The van der Waals surface area contributed by atoms with E-state index < -0.39 is 0 Å². The smallest absolute Gasteiger partial charge is 0.138 e. The van der Waals surface area contributed by atoms with Gasteiger partial charge in [-0.15, -0.1) is 0 Å². The Bertz CT molecular complexity index is 831. The van der Waals surface area contributed by atoms with Crippen molar-refractivity contribution in [1.29, 1.82) is 0 Å². The van der Waals surface area contributed by atoms with Gasteiger partial charge in [0.25, 0.3) is 0 Å². The van der Waals surface area contributed by atoms with Crippen LogP contribution in [0.1, 0.15) is 55.6 Å². The molecule has 4 rings (SSSR count). The van der Waals surface area contributed by atoms with Gasteiger partial charge in [0.2, 0.25) is 0 Å². The van der Waals surface area contributed by atoms with Crippen molar-refractivity contribution >= 4 is 11.6 Å². The maximum absolute atomic E-state index is 10.8. The fourth-order valence-electron chi connectivity index (χ4n) is 5.23. The van der Waals surface area contributed by atoms with Gasteiger partial charge in [0, 0.05) is 25.0 Å². The maximum atomic E-state index is 10.8. The zero-order chi connectivity index (χ0) is 21.6. The largest absolute Gasteiger partial charge is 0.487 e. The molecule has 0 amide bonds. The number of hydrogen-bond acceptors (Lipinski definition) is 4. The van der Waals surface area contributed by atoms with E-state index in [0.29, 0.717) is 17.4 Å². The molecule has 4 nitrogen and oxygen atoms in total. The van der Waals surface area contributed by atoms with Gasteiger partial charge in [0.1, 0.15) is 12.4 Å². The molecule has 1 aliphatic carbocycles. The van der Waals surface area contributed by atoms with Crippen LogP contribution in [0.2, 0.25) is 5.02 Å². The number of nitrogens with two attached hydrogens (primary N) is 1. The van der Waals surface area contributed by atoms with E-state index in [-0.39, 0.29) is 24.0 Å². The average Bonchev–Trinajstić information content (AvgIpc) is 2.78. The molecule has 1 heterocycles. The lowest BCUT2D eigenvalue weighted by atomic mass is 9.74. The van der Waals surface area contributed by atoms with E-state index in [2.05, 4.69) is 17.0 Å². The Labute approximate surface area is 191 Å². The summed E-state index contributed by atoms with van der Waals surface area (Å²) in [5, 5.41) is 11.5. The maximum Gasteiger partial charge on any atom is 0.138 e. The van der Waals surface area contributed by atoms with E-state index in [1.165, 1.54) is 12.0 Å². The molecular weight excluding hydrogens is 408 g/mol. The molecule has 4 atom stereocenters. The number of rotatable bonds is 7.